The lowest BCUT2D eigenvalue weighted by Crippen LogP contribution is -2.21. The normalized spacial score (nSPS) is 17.6. The Morgan fingerprint density at radius 1 is 1.30 bits per heavy atom. The van der Waals surface area contributed by atoms with Gasteiger partial charge in [0.1, 0.15) is 17.5 Å². The molecule has 5 nitrogen and oxygen atoms in total. The zero-order chi connectivity index (χ0) is 14.5. The fraction of sp³-hybridized carbons (Fsp3) is 0.733. The first-order chi connectivity index (χ1) is 9.58. The Hall–Kier alpha value is -1.36. The summed E-state index contributed by atoms with van der Waals surface area (Å²) in [5, 5.41) is 16.1. The van der Waals surface area contributed by atoms with Crippen molar-refractivity contribution in [2.24, 2.45) is 0 Å². The molecule has 0 amide bonds. The minimum atomic E-state index is -0.306. The van der Waals surface area contributed by atoms with Crippen LogP contribution in [0.5, 0.6) is 0 Å². The molecule has 2 rings (SSSR count). The Kier molecular flexibility index (Phi) is 5.17. The Labute approximate surface area is 121 Å². The van der Waals surface area contributed by atoms with Gasteiger partial charge in [-0.15, -0.1) is 0 Å². The van der Waals surface area contributed by atoms with E-state index in [2.05, 4.69) is 34.4 Å². The summed E-state index contributed by atoms with van der Waals surface area (Å²) in [7, 11) is 0. The molecule has 0 spiro atoms. The zero-order valence-electron chi connectivity index (χ0n) is 12.7. The Morgan fingerprint density at radius 3 is 2.60 bits per heavy atom. The lowest BCUT2D eigenvalue weighted by atomic mass is 10.1. The third-order valence-electron chi connectivity index (χ3n) is 3.33. The van der Waals surface area contributed by atoms with Crippen LogP contribution < -0.4 is 10.6 Å². The van der Waals surface area contributed by atoms with Gasteiger partial charge in [0.15, 0.2) is 0 Å². The molecule has 0 aliphatic heterocycles. The molecule has 1 aromatic heterocycles. The summed E-state index contributed by atoms with van der Waals surface area (Å²) in [6.45, 7) is 6.93. The highest BCUT2D eigenvalue weighted by molar-refractivity contribution is 5.48. The number of rotatable bonds is 8. The van der Waals surface area contributed by atoms with Crippen molar-refractivity contribution in [1.82, 2.24) is 9.97 Å². The van der Waals surface area contributed by atoms with Gasteiger partial charge in [0.05, 0.1) is 6.10 Å². The van der Waals surface area contributed by atoms with Gasteiger partial charge in [0, 0.05) is 24.6 Å². The van der Waals surface area contributed by atoms with Crippen LogP contribution in [0.3, 0.4) is 0 Å². The number of aliphatic hydroxyl groups excluding tert-OH is 1. The van der Waals surface area contributed by atoms with Crippen molar-refractivity contribution in [3.8, 4) is 0 Å². The van der Waals surface area contributed by atoms with E-state index in [1.807, 2.05) is 13.0 Å². The molecule has 0 bridgehead atoms. The first-order valence-electron chi connectivity index (χ1n) is 7.66. The number of hydrogen-bond acceptors (Lipinski definition) is 5. The van der Waals surface area contributed by atoms with E-state index in [0.717, 1.165) is 30.4 Å². The van der Waals surface area contributed by atoms with Gasteiger partial charge >= 0.3 is 0 Å². The number of nitrogens with zero attached hydrogens (tertiary/aromatic N) is 2. The van der Waals surface area contributed by atoms with E-state index in [1.165, 1.54) is 12.8 Å². The Bertz CT molecular complexity index is 432. The number of aromatic nitrogens is 2. The molecule has 20 heavy (non-hydrogen) atoms. The average molecular weight is 278 g/mol. The molecule has 1 aromatic rings. The van der Waals surface area contributed by atoms with Gasteiger partial charge in [-0.2, -0.15) is 0 Å². The number of anilines is 2. The summed E-state index contributed by atoms with van der Waals surface area (Å²) >= 11 is 0. The first-order valence-corrected chi connectivity index (χ1v) is 7.66. The quantitative estimate of drug-likeness (QED) is 0.682. The van der Waals surface area contributed by atoms with Crippen molar-refractivity contribution in [3.05, 3.63) is 11.9 Å². The summed E-state index contributed by atoms with van der Waals surface area (Å²) in [5.74, 6) is 3.23. The fourth-order valence-corrected chi connectivity index (χ4v) is 2.23. The van der Waals surface area contributed by atoms with Crippen LogP contribution in [0.4, 0.5) is 11.6 Å². The van der Waals surface area contributed by atoms with E-state index in [1.54, 1.807) is 0 Å². The zero-order valence-corrected chi connectivity index (χ0v) is 12.7. The molecular formula is C15H26N4O. The maximum atomic E-state index is 9.44. The monoisotopic (exact) mass is 278 g/mol. The summed E-state index contributed by atoms with van der Waals surface area (Å²) in [6, 6.07) is 2.15. The molecule has 1 saturated carbocycles. The molecule has 2 unspecified atom stereocenters. The minimum Gasteiger partial charge on any atom is -0.393 e. The van der Waals surface area contributed by atoms with Crippen LogP contribution in [0.25, 0.3) is 0 Å². The molecule has 112 valence electrons. The number of hydrogen-bond donors (Lipinski definition) is 3. The molecule has 1 fully saturated rings. The second kappa shape index (κ2) is 6.88. The molecule has 1 heterocycles. The Balaban J connectivity index is 2.07. The summed E-state index contributed by atoms with van der Waals surface area (Å²) in [4.78, 5) is 9.20. The third-order valence-corrected chi connectivity index (χ3v) is 3.33. The van der Waals surface area contributed by atoms with E-state index >= 15 is 0 Å². The Morgan fingerprint density at radius 2 is 2.00 bits per heavy atom. The molecule has 0 radical (unpaired) electrons. The van der Waals surface area contributed by atoms with Crippen molar-refractivity contribution in [1.29, 1.82) is 0 Å². The molecule has 3 N–H and O–H groups in total. The predicted molar refractivity (Wildman–Crippen MR) is 82.2 cm³/mol. The number of nitrogens with one attached hydrogen (secondary N) is 2. The second-order valence-electron chi connectivity index (χ2n) is 5.83. The van der Waals surface area contributed by atoms with Crippen LogP contribution in [-0.2, 0) is 0 Å². The maximum absolute atomic E-state index is 9.44. The van der Waals surface area contributed by atoms with Gasteiger partial charge in [-0.1, -0.05) is 6.92 Å². The molecule has 5 heteroatoms. The predicted octanol–water partition coefficient (Wildman–Crippen LogP) is 2.75. The highest BCUT2D eigenvalue weighted by atomic mass is 16.3. The van der Waals surface area contributed by atoms with Crippen LogP contribution in [0, 0.1) is 0 Å². The fourth-order valence-electron chi connectivity index (χ4n) is 2.23. The van der Waals surface area contributed by atoms with Crippen molar-refractivity contribution in [2.75, 3.05) is 17.2 Å². The highest BCUT2D eigenvalue weighted by Crippen LogP contribution is 2.38. The lowest BCUT2D eigenvalue weighted by Gasteiger charge is -2.17. The molecular weight excluding hydrogens is 252 g/mol. The van der Waals surface area contributed by atoms with E-state index in [-0.39, 0.29) is 12.1 Å². The summed E-state index contributed by atoms with van der Waals surface area (Å²) in [5.41, 5.74) is 0. The highest BCUT2D eigenvalue weighted by Gasteiger charge is 2.27. The minimum absolute atomic E-state index is 0.191. The lowest BCUT2D eigenvalue weighted by molar-refractivity contribution is 0.179. The van der Waals surface area contributed by atoms with Gasteiger partial charge in [-0.05, 0) is 39.5 Å². The maximum Gasteiger partial charge on any atom is 0.136 e. The molecule has 0 aromatic carbocycles. The van der Waals surface area contributed by atoms with Gasteiger partial charge < -0.3 is 15.7 Å². The smallest absolute Gasteiger partial charge is 0.136 e. The van der Waals surface area contributed by atoms with Crippen LogP contribution in [-0.4, -0.2) is 33.8 Å². The standard InChI is InChI=1S/C15H26N4O/c1-4-7-16-13-9-14(17-10(2)8-11(3)20)19-15(18-13)12-5-6-12/h9-12,20H,4-8H2,1-3H3,(H2,16,17,18,19). The topological polar surface area (TPSA) is 70.1 Å². The van der Waals surface area contributed by atoms with Gasteiger partial charge in [0.25, 0.3) is 0 Å². The van der Waals surface area contributed by atoms with E-state index < -0.39 is 0 Å². The van der Waals surface area contributed by atoms with Crippen LogP contribution >= 0.6 is 0 Å². The molecule has 2 atom stereocenters. The number of aliphatic hydroxyl groups is 1. The van der Waals surface area contributed by atoms with Gasteiger partial charge in [0.2, 0.25) is 0 Å². The largest absolute Gasteiger partial charge is 0.393 e. The first kappa shape index (κ1) is 15.0. The molecule has 1 aliphatic rings. The van der Waals surface area contributed by atoms with E-state index in [9.17, 15) is 5.11 Å². The average Bonchev–Trinajstić information content (AvgIpc) is 3.19. The van der Waals surface area contributed by atoms with Crippen molar-refractivity contribution < 1.29 is 5.11 Å². The summed E-state index contributed by atoms with van der Waals surface area (Å²) < 4.78 is 0. The second-order valence-corrected chi connectivity index (χ2v) is 5.83. The van der Waals surface area contributed by atoms with Crippen molar-refractivity contribution >= 4 is 11.6 Å². The third kappa shape index (κ3) is 4.63. The van der Waals surface area contributed by atoms with Gasteiger partial charge in [-0.3, -0.25) is 0 Å². The molecule has 0 saturated heterocycles. The van der Waals surface area contributed by atoms with E-state index in [4.69, 9.17) is 0 Å². The van der Waals surface area contributed by atoms with Gasteiger partial charge in [-0.25, -0.2) is 9.97 Å². The van der Waals surface area contributed by atoms with Crippen molar-refractivity contribution in [3.63, 3.8) is 0 Å². The van der Waals surface area contributed by atoms with Crippen LogP contribution in [0.15, 0.2) is 6.07 Å². The van der Waals surface area contributed by atoms with Crippen molar-refractivity contribution in [2.45, 2.75) is 64.5 Å². The van der Waals surface area contributed by atoms with E-state index in [0.29, 0.717) is 12.3 Å². The van der Waals surface area contributed by atoms with Crippen LogP contribution in [0.2, 0.25) is 0 Å². The SMILES string of the molecule is CCCNc1cc(NC(C)CC(C)O)nc(C2CC2)n1. The molecule has 1 aliphatic carbocycles. The summed E-state index contributed by atoms with van der Waals surface area (Å²) in [6.07, 6.45) is 3.87. The van der Waals surface area contributed by atoms with Crippen LogP contribution in [0.1, 0.15) is 58.2 Å².